The number of para-hydroxylation sites is 1. The molecule has 3 rings (SSSR count). The van der Waals surface area contributed by atoms with E-state index in [9.17, 15) is 0 Å². The topological polar surface area (TPSA) is 65.9 Å². The molecule has 1 aliphatic rings. The average molecular weight is 496 g/mol. The van der Waals surface area contributed by atoms with E-state index in [-0.39, 0.29) is 24.0 Å². The van der Waals surface area contributed by atoms with Crippen molar-refractivity contribution < 1.29 is 4.74 Å². The lowest BCUT2D eigenvalue weighted by Crippen LogP contribution is -2.53. The van der Waals surface area contributed by atoms with Gasteiger partial charge in [0.05, 0.1) is 6.61 Å². The van der Waals surface area contributed by atoms with Crippen molar-refractivity contribution in [3.8, 4) is 5.75 Å². The highest BCUT2D eigenvalue weighted by Crippen LogP contribution is 2.18. The SMILES string of the molecule is CCOc1ccccc1CCNC(=NC)N1CCN(c2ncccn2)CC1.I. The normalized spacial score (nSPS) is 14.4. The number of halogens is 1. The number of nitrogens with zero attached hydrogens (tertiary/aromatic N) is 5. The van der Waals surface area contributed by atoms with Crippen LogP contribution in [0.25, 0.3) is 0 Å². The standard InChI is InChI=1S/C20H28N6O.HI/c1-3-27-18-8-5-4-7-17(18)9-12-24-19(21-2)25-13-15-26(16-14-25)20-22-10-6-11-23-20;/h4-8,10-11H,3,9,12-16H2,1-2H3,(H,21,24);1H. The Hall–Kier alpha value is -2.10. The minimum absolute atomic E-state index is 0. The molecule has 0 spiro atoms. The number of aromatic nitrogens is 2. The van der Waals surface area contributed by atoms with Crippen LogP contribution < -0.4 is 15.0 Å². The fourth-order valence-corrected chi connectivity index (χ4v) is 3.22. The van der Waals surface area contributed by atoms with E-state index in [1.165, 1.54) is 5.56 Å². The lowest BCUT2D eigenvalue weighted by atomic mass is 10.1. The molecule has 1 aromatic carbocycles. The molecular weight excluding hydrogens is 467 g/mol. The quantitative estimate of drug-likeness (QED) is 0.377. The molecule has 0 bridgehead atoms. The monoisotopic (exact) mass is 496 g/mol. The van der Waals surface area contributed by atoms with Gasteiger partial charge in [-0.3, -0.25) is 4.99 Å². The second-order valence-corrected chi connectivity index (χ2v) is 6.29. The van der Waals surface area contributed by atoms with Gasteiger partial charge in [-0.15, -0.1) is 24.0 Å². The van der Waals surface area contributed by atoms with E-state index in [0.717, 1.165) is 56.8 Å². The smallest absolute Gasteiger partial charge is 0.225 e. The maximum Gasteiger partial charge on any atom is 0.225 e. The summed E-state index contributed by atoms with van der Waals surface area (Å²) >= 11 is 0. The van der Waals surface area contributed by atoms with Gasteiger partial charge < -0.3 is 19.9 Å². The lowest BCUT2D eigenvalue weighted by Gasteiger charge is -2.36. The lowest BCUT2D eigenvalue weighted by molar-refractivity contribution is 0.336. The summed E-state index contributed by atoms with van der Waals surface area (Å²) in [6.45, 7) is 7.08. The first kappa shape index (κ1) is 22.2. The Bertz CT molecular complexity index is 734. The number of hydrogen-bond donors (Lipinski definition) is 1. The summed E-state index contributed by atoms with van der Waals surface area (Å²) in [4.78, 5) is 17.6. The van der Waals surface area contributed by atoms with Crippen LogP contribution in [0.2, 0.25) is 0 Å². The molecule has 8 heteroatoms. The van der Waals surface area contributed by atoms with E-state index in [2.05, 4.69) is 42.2 Å². The van der Waals surface area contributed by atoms with Crippen LogP contribution >= 0.6 is 24.0 Å². The number of benzene rings is 1. The number of hydrogen-bond acceptors (Lipinski definition) is 5. The highest BCUT2D eigenvalue weighted by atomic mass is 127. The number of aliphatic imine (C=N–C) groups is 1. The molecule has 1 N–H and O–H groups in total. The number of piperazine rings is 1. The van der Waals surface area contributed by atoms with E-state index < -0.39 is 0 Å². The Kier molecular flexibility index (Phi) is 9.26. The predicted octanol–water partition coefficient (Wildman–Crippen LogP) is 2.43. The molecule has 0 radical (unpaired) electrons. The highest BCUT2D eigenvalue weighted by molar-refractivity contribution is 14.0. The Labute approximate surface area is 184 Å². The molecule has 0 unspecified atom stereocenters. The third kappa shape index (κ3) is 5.95. The first-order valence-electron chi connectivity index (χ1n) is 9.50. The van der Waals surface area contributed by atoms with Gasteiger partial charge in [0, 0.05) is 52.2 Å². The van der Waals surface area contributed by atoms with Crippen LogP contribution in [0.15, 0.2) is 47.7 Å². The number of guanidine groups is 1. The van der Waals surface area contributed by atoms with Crippen LogP contribution in [0.5, 0.6) is 5.75 Å². The molecule has 1 aromatic heterocycles. The van der Waals surface area contributed by atoms with Crippen LogP contribution in [-0.2, 0) is 6.42 Å². The largest absolute Gasteiger partial charge is 0.494 e. The summed E-state index contributed by atoms with van der Waals surface area (Å²) < 4.78 is 5.71. The fraction of sp³-hybridized carbons (Fsp3) is 0.450. The molecular formula is C20H29IN6O. The zero-order chi connectivity index (χ0) is 18.9. The molecule has 2 aromatic rings. The first-order valence-corrected chi connectivity index (χ1v) is 9.50. The Morgan fingerprint density at radius 1 is 1.11 bits per heavy atom. The Balaban J connectivity index is 0.00000280. The van der Waals surface area contributed by atoms with Crippen LogP contribution in [-0.4, -0.2) is 67.2 Å². The van der Waals surface area contributed by atoms with E-state index in [1.807, 2.05) is 32.2 Å². The Morgan fingerprint density at radius 3 is 2.50 bits per heavy atom. The second kappa shape index (κ2) is 11.7. The molecule has 28 heavy (non-hydrogen) atoms. The first-order chi connectivity index (χ1) is 13.3. The summed E-state index contributed by atoms with van der Waals surface area (Å²) in [5, 5.41) is 3.48. The summed E-state index contributed by atoms with van der Waals surface area (Å²) in [5.41, 5.74) is 1.22. The van der Waals surface area contributed by atoms with Crippen molar-refractivity contribution in [2.45, 2.75) is 13.3 Å². The van der Waals surface area contributed by atoms with Crippen LogP contribution in [0.1, 0.15) is 12.5 Å². The van der Waals surface area contributed by atoms with Gasteiger partial charge in [0.25, 0.3) is 0 Å². The van der Waals surface area contributed by atoms with Gasteiger partial charge in [-0.05, 0) is 31.0 Å². The van der Waals surface area contributed by atoms with E-state index in [4.69, 9.17) is 4.74 Å². The molecule has 152 valence electrons. The van der Waals surface area contributed by atoms with Gasteiger partial charge >= 0.3 is 0 Å². The van der Waals surface area contributed by atoms with Crippen molar-refractivity contribution >= 4 is 35.9 Å². The number of anilines is 1. The molecule has 1 fully saturated rings. The maximum absolute atomic E-state index is 5.71. The summed E-state index contributed by atoms with van der Waals surface area (Å²) in [6.07, 6.45) is 4.47. The van der Waals surface area contributed by atoms with Gasteiger partial charge in [0.15, 0.2) is 5.96 Å². The van der Waals surface area contributed by atoms with Crippen molar-refractivity contribution in [1.29, 1.82) is 0 Å². The molecule has 0 amide bonds. The van der Waals surface area contributed by atoms with Crippen molar-refractivity contribution in [1.82, 2.24) is 20.2 Å². The van der Waals surface area contributed by atoms with E-state index in [0.29, 0.717) is 6.61 Å². The van der Waals surface area contributed by atoms with E-state index >= 15 is 0 Å². The second-order valence-electron chi connectivity index (χ2n) is 6.29. The Morgan fingerprint density at radius 2 is 1.82 bits per heavy atom. The summed E-state index contributed by atoms with van der Waals surface area (Å²) in [6, 6.07) is 10.1. The zero-order valence-corrected chi connectivity index (χ0v) is 18.9. The third-order valence-electron chi connectivity index (χ3n) is 4.58. The van der Waals surface area contributed by atoms with Gasteiger partial charge in [-0.25, -0.2) is 9.97 Å². The number of rotatable bonds is 6. The van der Waals surface area contributed by atoms with Crippen molar-refractivity contribution in [3.05, 3.63) is 48.3 Å². The van der Waals surface area contributed by atoms with Gasteiger partial charge in [-0.2, -0.15) is 0 Å². The maximum atomic E-state index is 5.71. The minimum Gasteiger partial charge on any atom is -0.494 e. The minimum atomic E-state index is 0. The molecule has 0 aliphatic carbocycles. The zero-order valence-electron chi connectivity index (χ0n) is 16.5. The predicted molar refractivity (Wildman–Crippen MR) is 124 cm³/mol. The van der Waals surface area contributed by atoms with Gasteiger partial charge in [0.1, 0.15) is 5.75 Å². The highest BCUT2D eigenvalue weighted by Gasteiger charge is 2.20. The molecule has 2 heterocycles. The fourth-order valence-electron chi connectivity index (χ4n) is 3.22. The third-order valence-corrected chi connectivity index (χ3v) is 4.58. The van der Waals surface area contributed by atoms with Gasteiger partial charge in [-0.1, -0.05) is 18.2 Å². The average Bonchev–Trinajstić information content (AvgIpc) is 2.73. The molecule has 0 saturated carbocycles. The van der Waals surface area contributed by atoms with Crippen LogP contribution in [0.3, 0.4) is 0 Å². The molecule has 7 nitrogen and oxygen atoms in total. The number of ether oxygens (including phenoxy) is 1. The molecule has 1 saturated heterocycles. The van der Waals surface area contributed by atoms with Gasteiger partial charge in [0.2, 0.25) is 5.95 Å². The summed E-state index contributed by atoms with van der Waals surface area (Å²) in [5.74, 6) is 2.71. The number of nitrogens with one attached hydrogen (secondary N) is 1. The van der Waals surface area contributed by atoms with Crippen LogP contribution in [0.4, 0.5) is 5.95 Å². The van der Waals surface area contributed by atoms with E-state index in [1.54, 1.807) is 12.4 Å². The molecule has 1 aliphatic heterocycles. The summed E-state index contributed by atoms with van der Waals surface area (Å²) in [7, 11) is 1.84. The van der Waals surface area contributed by atoms with Crippen molar-refractivity contribution in [2.24, 2.45) is 4.99 Å². The molecule has 0 atom stereocenters. The van der Waals surface area contributed by atoms with Crippen molar-refractivity contribution in [2.75, 3.05) is 51.3 Å². The van der Waals surface area contributed by atoms with Crippen molar-refractivity contribution in [3.63, 3.8) is 0 Å². The van der Waals surface area contributed by atoms with Crippen LogP contribution in [0, 0.1) is 0 Å².